The summed E-state index contributed by atoms with van der Waals surface area (Å²) in [6.07, 6.45) is 4.06. The van der Waals surface area contributed by atoms with E-state index in [1.165, 1.54) is 5.56 Å². The predicted octanol–water partition coefficient (Wildman–Crippen LogP) is 6.59. The smallest absolute Gasteiger partial charge is 0.323 e. The van der Waals surface area contributed by atoms with E-state index in [4.69, 9.17) is 4.74 Å². The molecule has 2 rings (SSSR count). The van der Waals surface area contributed by atoms with Crippen LogP contribution in [0.1, 0.15) is 64.0 Å². The second-order valence-electron chi connectivity index (χ2n) is 6.85. The molecule has 0 spiro atoms. The van der Waals surface area contributed by atoms with Crippen LogP contribution in [0.5, 0.6) is 5.75 Å². The Balaban J connectivity index is 2.05. The molecule has 0 saturated heterocycles. The fraction of sp³-hybridized carbons (Fsp3) is 0.435. The van der Waals surface area contributed by atoms with Crippen LogP contribution in [0.15, 0.2) is 42.5 Å². The first-order chi connectivity index (χ1) is 13.1. The number of anilines is 2. The van der Waals surface area contributed by atoms with E-state index in [-0.39, 0.29) is 6.03 Å². The molecule has 4 nitrogen and oxygen atoms in total. The lowest BCUT2D eigenvalue weighted by Gasteiger charge is -2.19. The number of unbranched alkanes of at least 4 members (excludes halogenated alkanes) is 1. The van der Waals surface area contributed by atoms with Gasteiger partial charge >= 0.3 is 6.03 Å². The molecule has 2 amide bonds. The first-order valence-corrected chi connectivity index (χ1v) is 10.0. The fourth-order valence-corrected chi connectivity index (χ4v) is 2.94. The van der Waals surface area contributed by atoms with E-state index in [1.807, 2.05) is 24.3 Å². The molecule has 0 heterocycles. The fourth-order valence-electron chi connectivity index (χ4n) is 2.94. The molecular formula is C23H32N2O2. The number of benzene rings is 2. The molecule has 4 heteroatoms. The van der Waals surface area contributed by atoms with Crippen LogP contribution in [0.2, 0.25) is 0 Å². The van der Waals surface area contributed by atoms with Gasteiger partial charge in [0.2, 0.25) is 0 Å². The van der Waals surface area contributed by atoms with Gasteiger partial charge in [-0.1, -0.05) is 52.3 Å². The van der Waals surface area contributed by atoms with E-state index in [1.54, 1.807) is 0 Å². The van der Waals surface area contributed by atoms with Gasteiger partial charge in [-0.15, -0.1) is 0 Å². The minimum absolute atomic E-state index is 0.222. The zero-order valence-corrected chi connectivity index (χ0v) is 17.0. The third kappa shape index (κ3) is 6.02. The lowest BCUT2D eigenvalue weighted by atomic mass is 9.93. The number of amides is 2. The molecule has 2 aromatic carbocycles. The Labute approximate surface area is 163 Å². The minimum atomic E-state index is -0.222. The summed E-state index contributed by atoms with van der Waals surface area (Å²) in [6.45, 7) is 9.32. The molecule has 0 aliphatic rings. The van der Waals surface area contributed by atoms with Gasteiger partial charge < -0.3 is 15.4 Å². The number of aryl methyl sites for hydroxylation is 1. The Morgan fingerprint density at radius 3 is 2.41 bits per heavy atom. The lowest BCUT2D eigenvalue weighted by Crippen LogP contribution is -2.21. The largest absolute Gasteiger partial charge is 0.494 e. The maximum atomic E-state index is 12.6. The van der Waals surface area contributed by atoms with Crippen LogP contribution < -0.4 is 15.4 Å². The zero-order valence-electron chi connectivity index (χ0n) is 17.0. The summed E-state index contributed by atoms with van der Waals surface area (Å²) in [5, 5.41) is 5.98. The van der Waals surface area contributed by atoms with Crippen LogP contribution in [0.3, 0.4) is 0 Å². The predicted molar refractivity (Wildman–Crippen MR) is 114 cm³/mol. The standard InChI is InChI=1S/C23H32N2O2/c1-5-8-16-27-20-14-12-19(13-15-20)24-23(26)25-22-18(7-3)10-9-11-21(22)17(4)6-2/h9-15,17H,5-8,16H2,1-4H3,(H2,24,25,26). The van der Waals surface area contributed by atoms with E-state index < -0.39 is 0 Å². The quantitative estimate of drug-likeness (QED) is 0.491. The third-order valence-electron chi connectivity index (χ3n) is 4.82. The monoisotopic (exact) mass is 368 g/mol. The molecule has 0 aliphatic heterocycles. The van der Waals surface area contributed by atoms with Crippen LogP contribution >= 0.6 is 0 Å². The van der Waals surface area contributed by atoms with E-state index >= 15 is 0 Å². The average molecular weight is 369 g/mol. The molecule has 146 valence electrons. The Morgan fingerprint density at radius 1 is 1.04 bits per heavy atom. The van der Waals surface area contributed by atoms with E-state index in [2.05, 4.69) is 56.5 Å². The van der Waals surface area contributed by atoms with Crippen LogP contribution in [0, 0.1) is 0 Å². The molecule has 2 aromatic rings. The van der Waals surface area contributed by atoms with Crippen molar-refractivity contribution >= 4 is 17.4 Å². The molecule has 0 fully saturated rings. The van der Waals surface area contributed by atoms with Gasteiger partial charge in [0, 0.05) is 11.4 Å². The molecule has 0 aromatic heterocycles. The number of carbonyl (C=O) groups excluding carboxylic acids is 1. The van der Waals surface area contributed by atoms with Gasteiger partial charge in [0.25, 0.3) is 0 Å². The van der Waals surface area contributed by atoms with Crippen molar-refractivity contribution < 1.29 is 9.53 Å². The maximum Gasteiger partial charge on any atom is 0.323 e. The molecule has 1 unspecified atom stereocenters. The highest BCUT2D eigenvalue weighted by atomic mass is 16.5. The first kappa shape index (κ1) is 20.8. The molecule has 0 radical (unpaired) electrons. The summed E-state index contributed by atoms with van der Waals surface area (Å²) >= 11 is 0. The van der Waals surface area contributed by atoms with Crippen molar-refractivity contribution in [2.75, 3.05) is 17.2 Å². The Kier molecular flexibility index (Phi) is 8.18. The average Bonchev–Trinajstić information content (AvgIpc) is 2.69. The van der Waals surface area contributed by atoms with Crippen molar-refractivity contribution in [3.8, 4) is 5.75 Å². The van der Waals surface area contributed by atoms with Crippen molar-refractivity contribution in [2.24, 2.45) is 0 Å². The number of nitrogens with one attached hydrogen (secondary N) is 2. The number of hydrogen-bond acceptors (Lipinski definition) is 2. The van der Waals surface area contributed by atoms with Gasteiger partial charge in [-0.05, 0) is 60.6 Å². The number of urea groups is 1. The van der Waals surface area contributed by atoms with Gasteiger partial charge in [0.1, 0.15) is 5.75 Å². The van der Waals surface area contributed by atoms with Gasteiger partial charge in [-0.25, -0.2) is 4.79 Å². The second-order valence-corrected chi connectivity index (χ2v) is 6.85. The van der Waals surface area contributed by atoms with E-state index in [9.17, 15) is 4.79 Å². The highest BCUT2D eigenvalue weighted by molar-refractivity contribution is 6.00. The van der Waals surface area contributed by atoms with Crippen molar-refractivity contribution in [1.82, 2.24) is 0 Å². The maximum absolute atomic E-state index is 12.6. The van der Waals surface area contributed by atoms with Crippen LogP contribution in [0.4, 0.5) is 16.2 Å². The van der Waals surface area contributed by atoms with E-state index in [0.717, 1.165) is 55.0 Å². The molecule has 1 atom stereocenters. The van der Waals surface area contributed by atoms with Gasteiger partial charge in [0.15, 0.2) is 0 Å². The summed E-state index contributed by atoms with van der Waals surface area (Å²) in [7, 11) is 0. The number of para-hydroxylation sites is 1. The minimum Gasteiger partial charge on any atom is -0.494 e. The van der Waals surface area contributed by atoms with Crippen molar-refractivity contribution in [2.45, 2.75) is 59.3 Å². The Hall–Kier alpha value is -2.49. The second kappa shape index (κ2) is 10.6. The van der Waals surface area contributed by atoms with Crippen molar-refractivity contribution in [3.05, 3.63) is 53.6 Å². The number of rotatable bonds is 9. The zero-order chi connectivity index (χ0) is 19.6. The highest BCUT2D eigenvalue weighted by Gasteiger charge is 2.14. The SMILES string of the molecule is CCCCOc1ccc(NC(=O)Nc2c(CC)cccc2C(C)CC)cc1. The van der Waals surface area contributed by atoms with Gasteiger partial charge in [-0.2, -0.15) is 0 Å². The lowest BCUT2D eigenvalue weighted by molar-refractivity contribution is 0.262. The summed E-state index contributed by atoms with van der Waals surface area (Å²) in [4.78, 5) is 12.6. The van der Waals surface area contributed by atoms with E-state index in [0.29, 0.717) is 5.92 Å². The normalized spacial score (nSPS) is 11.7. The summed E-state index contributed by atoms with van der Waals surface area (Å²) in [6, 6.07) is 13.5. The summed E-state index contributed by atoms with van der Waals surface area (Å²) in [5.41, 5.74) is 4.02. The Morgan fingerprint density at radius 2 is 1.78 bits per heavy atom. The topological polar surface area (TPSA) is 50.4 Å². The molecule has 0 bridgehead atoms. The first-order valence-electron chi connectivity index (χ1n) is 10.0. The summed E-state index contributed by atoms with van der Waals surface area (Å²) < 4.78 is 5.66. The van der Waals surface area contributed by atoms with Crippen LogP contribution in [-0.2, 0) is 6.42 Å². The molecule has 27 heavy (non-hydrogen) atoms. The van der Waals surface area contributed by atoms with Crippen LogP contribution in [0.25, 0.3) is 0 Å². The van der Waals surface area contributed by atoms with Crippen molar-refractivity contribution in [1.29, 1.82) is 0 Å². The molecule has 0 aliphatic carbocycles. The highest BCUT2D eigenvalue weighted by Crippen LogP contribution is 2.30. The molecular weight excluding hydrogens is 336 g/mol. The number of carbonyl (C=O) groups is 1. The number of ether oxygens (including phenoxy) is 1. The van der Waals surface area contributed by atoms with Gasteiger partial charge in [0.05, 0.1) is 6.61 Å². The Bertz CT molecular complexity index is 726. The molecule has 2 N–H and O–H groups in total. The summed E-state index contributed by atoms with van der Waals surface area (Å²) in [5.74, 6) is 1.22. The number of hydrogen-bond donors (Lipinski definition) is 2. The van der Waals surface area contributed by atoms with Crippen LogP contribution in [-0.4, -0.2) is 12.6 Å². The molecule has 0 saturated carbocycles. The van der Waals surface area contributed by atoms with Gasteiger partial charge in [-0.3, -0.25) is 0 Å². The third-order valence-corrected chi connectivity index (χ3v) is 4.82. The van der Waals surface area contributed by atoms with Crippen molar-refractivity contribution in [3.63, 3.8) is 0 Å².